The molecule has 0 unspecified atom stereocenters. The zero-order valence-corrected chi connectivity index (χ0v) is 12.7. The number of aliphatic hydroxyl groups is 1. The first kappa shape index (κ1) is 14.4. The molecular weight excluding hydrogens is 278 g/mol. The van der Waals surface area contributed by atoms with Crippen molar-refractivity contribution in [3.8, 4) is 11.3 Å². The van der Waals surface area contributed by atoms with Crippen molar-refractivity contribution in [2.75, 3.05) is 5.32 Å². The van der Waals surface area contributed by atoms with E-state index in [2.05, 4.69) is 29.5 Å². The summed E-state index contributed by atoms with van der Waals surface area (Å²) in [6.07, 6.45) is 0. The Balaban J connectivity index is 1.76. The van der Waals surface area contributed by atoms with Gasteiger partial charge in [0.1, 0.15) is 23.9 Å². The molecular formula is C17H19N3O2. The van der Waals surface area contributed by atoms with Crippen LogP contribution in [-0.2, 0) is 20.2 Å². The molecule has 5 nitrogen and oxygen atoms in total. The number of benzene rings is 1. The summed E-state index contributed by atoms with van der Waals surface area (Å²) in [5, 5.41) is 16.9. The Morgan fingerprint density at radius 1 is 1.18 bits per heavy atom. The third-order valence-corrected chi connectivity index (χ3v) is 3.62. The van der Waals surface area contributed by atoms with Crippen LogP contribution < -0.4 is 5.32 Å². The van der Waals surface area contributed by atoms with Gasteiger partial charge in [0.2, 0.25) is 0 Å². The summed E-state index contributed by atoms with van der Waals surface area (Å²) in [5.74, 6) is 2.27. The van der Waals surface area contributed by atoms with Crippen LogP contribution in [0.3, 0.4) is 0 Å². The average Bonchev–Trinajstić information content (AvgIpc) is 3.12. The van der Waals surface area contributed by atoms with Crippen LogP contribution in [0.25, 0.3) is 11.3 Å². The number of nitrogens with one attached hydrogen (secondary N) is 1. The fourth-order valence-corrected chi connectivity index (χ4v) is 2.40. The Morgan fingerprint density at radius 3 is 2.68 bits per heavy atom. The number of aryl methyl sites for hydroxylation is 2. The number of anilines is 1. The molecule has 0 saturated carbocycles. The van der Waals surface area contributed by atoms with Crippen molar-refractivity contribution >= 4 is 5.82 Å². The van der Waals surface area contributed by atoms with E-state index < -0.39 is 0 Å². The highest BCUT2D eigenvalue weighted by Crippen LogP contribution is 2.24. The van der Waals surface area contributed by atoms with E-state index in [1.54, 1.807) is 6.07 Å². The van der Waals surface area contributed by atoms with Gasteiger partial charge >= 0.3 is 0 Å². The lowest BCUT2D eigenvalue weighted by Crippen LogP contribution is -2.03. The summed E-state index contributed by atoms with van der Waals surface area (Å²) in [4.78, 5) is 0. The van der Waals surface area contributed by atoms with Gasteiger partial charge in [-0.3, -0.25) is 4.68 Å². The molecule has 2 heterocycles. The maximum atomic E-state index is 9.01. The van der Waals surface area contributed by atoms with Crippen molar-refractivity contribution in [3.05, 3.63) is 59.5 Å². The topological polar surface area (TPSA) is 63.2 Å². The quantitative estimate of drug-likeness (QED) is 0.759. The second-order valence-corrected chi connectivity index (χ2v) is 5.23. The fourth-order valence-electron chi connectivity index (χ4n) is 2.40. The van der Waals surface area contributed by atoms with Gasteiger partial charge < -0.3 is 14.8 Å². The third kappa shape index (κ3) is 2.89. The fraction of sp³-hybridized carbons (Fsp3) is 0.235. The first-order valence-corrected chi connectivity index (χ1v) is 7.19. The molecule has 5 heteroatoms. The lowest BCUT2D eigenvalue weighted by Gasteiger charge is -2.03. The number of furan rings is 1. The van der Waals surface area contributed by atoms with E-state index in [0.29, 0.717) is 12.3 Å². The van der Waals surface area contributed by atoms with Crippen LogP contribution in [0.2, 0.25) is 0 Å². The molecule has 0 aliphatic carbocycles. The average molecular weight is 297 g/mol. The van der Waals surface area contributed by atoms with Crippen LogP contribution in [0.15, 0.2) is 46.9 Å². The summed E-state index contributed by atoms with van der Waals surface area (Å²) in [6, 6.07) is 13.9. The van der Waals surface area contributed by atoms with Crippen molar-refractivity contribution in [3.63, 3.8) is 0 Å². The van der Waals surface area contributed by atoms with Gasteiger partial charge in [0.15, 0.2) is 0 Å². The predicted octanol–water partition coefficient (Wildman–Crippen LogP) is 3.09. The van der Waals surface area contributed by atoms with E-state index in [0.717, 1.165) is 22.8 Å². The number of hydrogen-bond donors (Lipinski definition) is 2. The molecule has 0 fully saturated rings. The van der Waals surface area contributed by atoms with Gasteiger partial charge in [-0.15, -0.1) is 0 Å². The molecule has 3 rings (SSSR count). The van der Waals surface area contributed by atoms with Crippen LogP contribution >= 0.6 is 0 Å². The van der Waals surface area contributed by atoms with Crippen molar-refractivity contribution in [1.82, 2.24) is 9.78 Å². The molecule has 3 aromatic rings. The highest BCUT2D eigenvalue weighted by molar-refractivity contribution is 5.66. The van der Waals surface area contributed by atoms with E-state index in [-0.39, 0.29) is 6.61 Å². The summed E-state index contributed by atoms with van der Waals surface area (Å²) >= 11 is 0. The maximum Gasteiger partial charge on any atom is 0.129 e. The second kappa shape index (κ2) is 6.07. The first-order chi connectivity index (χ1) is 10.7. The number of aromatic nitrogens is 2. The second-order valence-electron chi connectivity index (χ2n) is 5.23. The highest BCUT2D eigenvalue weighted by atomic mass is 16.4. The maximum absolute atomic E-state index is 9.01. The monoisotopic (exact) mass is 297 g/mol. The SMILES string of the molecule is Cc1ccccc1-c1cc(NCc2ccc(CO)o2)n(C)n1. The Kier molecular flexibility index (Phi) is 3.98. The van der Waals surface area contributed by atoms with E-state index >= 15 is 0 Å². The van der Waals surface area contributed by atoms with Gasteiger partial charge in [0.25, 0.3) is 0 Å². The molecule has 0 bridgehead atoms. The Labute approximate surface area is 129 Å². The number of rotatable bonds is 5. The van der Waals surface area contributed by atoms with E-state index in [9.17, 15) is 0 Å². The smallest absolute Gasteiger partial charge is 0.129 e. The molecule has 22 heavy (non-hydrogen) atoms. The predicted molar refractivity (Wildman–Crippen MR) is 85.3 cm³/mol. The van der Waals surface area contributed by atoms with Gasteiger partial charge in [-0.2, -0.15) is 5.10 Å². The molecule has 2 aromatic heterocycles. The van der Waals surface area contributed by atoms with Crippen LogP contribution in [0.5, 0.6) is 0 Å². The molecule has 0 atom stereocenters. The van der Waals surface area contributed by atoms with E-state index in [1.165, 1.54) is 5.56 Å². The molecule has 0 amide bonds. The van der Waals surface area contributed by atoms with Crippen LogP contribution in [0.4, 0.5) is 5.82 Å². The zero-order chi connectivity index (χ0) is 15.5. The summed E-state index contributed by atoms with van der Waals surface area (Å²) in [6.45, 7) is 2.55. The van der Waals surface area contributed by atoms with Gasteiger partial charge in [-0.25, -0.2) is 0 Å². The van der Waals surface area contributed by atoms with Crippen molar-refractivity contribution in [2.24, 2.45) is 7.05 Å². The zero-order valence-electron chi connectivity index (χ0n) is 12.7. The van der Waals surface area contributed by atoms with Gasteiger partial charge in [0.05, 0.1) is 12.2 Å². The minimum Gasteiger partial charge on any atom is -0.462 e. The first-order valence-electron chi connectivity index (χ1n) is 7.19. The molecule has 2 N–H and O–H groups in total. The standard InChI is InChI=1S/C17H19N3O2/c1-12-5-3-4-6-15(12)16-9-17(20(2)19-16)18-10-13-7-8-14(11-21)22-13/h3-9,18,21H,10-11H2,1-2H3. The molecule has 0 spiro atoms. The van der Waals surface area contributed by atoms with Gasteiger partial charge in [-0.05, 0) is 24.6 Å². The van der Waals surface area contributed by atoms with Crippen molar-refractivity contribution in [2.45, 2.75) is 20.1 Å². The molecule has 0 radical (unpaired) electrons. The minimum absolute atomic E-state index is 0.0802. The van der Waals surface area contributed by atoms with E-state index in [1.807, 2.05) is 36.0 Å². The van der Waals surface area contributed by atoms with Gasteiger partial charge in [-0.1, -0.05) is 24.3 Å². The lowest BCUT2D eigenvalue weighted by atomic mass is 10.1. The number of nitrogens with zero attached hydrogens (tertiary/aromatic N) is 2. The summed E-state index contributed by atoms with van der Waals surface area (Å²) in [5.41, 5.74) is 3.27. The normalized spacial score (nSPS) is 10.9. The van der Waals surface area contributed by atoms with Crippen LogP contribution in [0.1, 0.15) is 17.1 Å². The van der Waals surface area contributed by atoms with Crippen LogP contribution in [0, 0.1) is 6.92 Å². The lowest BCUT2D eigenvalue weighted by molar-refractivity contribution is 0.244. The highest BCUT2D eigenvalue weighted by Gasteiger charge is 2.09. The Morgan fingerprint density at radius 2 is 1.95 bits per heavy atom. The Bertz CT molecular complexity index is 774. The third-order valence-electron chi connectivity index (χ3n) is 3.62. The molecule has 1 aromatic carbocycles. The molecule has 0 saturated heterocycles. The molecule has 0 aliphatic heterocycles. The van der Waals surface area contributed by atoms with E-state index in [4.69, 9.17) is 9.52 Å². The van der Waals surface area contributed by atoms with Crippen molar-refractivity contribution in [1.29, 1.82) is 0 Å². The molecule has 114 valence electrons. The summed E-state index contributed by atoms with van der Waals surface area (Å²) < 4.78 is 7.28. The minimum atomic E-state index is -0.0802. The summed E-state index contributed by atoms with van der Waals surface area (Å²) in [7, 11) is 1.91. The van der Waals surface area contributed by atoms with Crippen LogP contribution in [-0.4, -0.2) is 14.9 Å². The number of hydrogen-bond acceptors (Lipinski definition) is 4. The molecule has 0 aliphatic rings. The van der Waals surface area contributed by atoms with Crippen molar-refractivity contribution < 1.29 is 9.52 Å². The number of aliphatic hydroxyl groups excluding tert-OH is 1. The Hall–Kier alpha value is -2.53. The largest absolute Gasteiger partial charge is 0.462 e. The van der Waals surface area contributed by atoms with Gasteiger partial charge in [0, 0.05) is 18.7 Å².